The zero-order valence-electron chi connectivity index (χ0n) is 32.6. The van der Waals surface area contributed by atoms with Gasteiger partial charge in [0.05, 0.1) is 35.1 Å². The summed E-state index contributed by atoms with van der Waals surface area (Å²) in [6.45, 7) is 29.5. The van der Waals surface area contributed by atoms with Gasteiger partial charge in [-0.3, -0.25) is 32.0 Å². The van der Waals surface area contributed by atoms with Crippen LogP contribution in [0.1, 0.15) is 24.3 Å². The molecule has 0 aliphatic heterocycles. The van der Waals surface area contributed by atoms with Crippen LogP contribution in [-0.4, -0.2) is 53.1 Å². The fraction of sp³-hybridized carbons (Fsp3) is 0.195. The minimum atomic E-state index is -1.56. The normalized spacial score (nSPS) is 10.5. The molecule has 2 N–H and O–H groups in total. The number of nitrogens with zero attached hydrogens (tertiary/aromatic N) is 5. The van der Waals surface area contributed by atoms with Crippen molar-refractivity contribution in [1.29, 1.82) is 0 Å². The summed E-state index contributed by atoms with van der Waals surface area (Å²) in [5.74, 6) is -4.66. The Bertz CT molecular complexity index is 2180. The first kappa shape index (κ1) is 53.0. The van der Waals surface area contributed by atoms with Crippen molar-refractivity contribution >= 4 is 49.6 Å². The second-order valence-corrected chi connectivity index (χ2v) is 24.0. The Hall–Kier alpha value is -5.00. The molecule has 2 aromatic carbocycles. The Labute approximate surface area is 364 Å². The molecule has 3 heterocycles. The molecule has 0 unspecified atom stereocenters. The van der Waals surface area contributed by atoms with E-state index in [2.05, 4.69) is 76.1 Å². The molecule has 9 nitrogen and oxygen atoms in total. The molecule has 0 saturated heterocycles. The fourth-order valence-electron chi connectivity index (χ4n) is 4.41. The van der Waals surface area contributed by atoms with Crippen LogP contribution >= 0.6 is 0 Å². The number of aliphatic hydroxyl groups is 1. The standard InChI is InChI=1S/2C15H13F2N2Si.C6H5NO2.C5H8O2.2Ir/c2*1-18-15-12(16)6-5-11(14(15)17)13-9-10(7-8-19-13)20(2,3)4;8-6(9)5-3-1-2-4-7-5;1-4(6)3-5(2)7;;/h2*6-9H,2-4H3;1-4H,(H,8,9);3,6H,1-2H3;;/q2*-1;;;;. The van der Waals surface area contributed by atoms with Crippen LogP contribution < -0.4 is 10.4 Å². The maximum atomic E-state index is 14.1. The van der Waals surface area contributed by atoms with Gasteiger partial charge >= 0.3 is 5.97 Å². The summed E-state index contributed by atoms with van der Waals surface area (Å²) in [5.41, 5.74) is -0.301. The van der Waals surface area contributed by atoms with Gasteiger partial charge in [0.2, 0.25) is 0 Å². The third-order valence-electron chi connectivity index (χ3n) is 7.28. The summed E-state index contributed by atoms with van der Waals surface area (Å²) in [6.07, 6.45) is 5.83. The zero-order valence-corrected chi connectivity index (χ0v) is 39.4. The molecule has 17 heteroatoms. The van der Waals surface area contributed by atoms with E-state index >= 15 is 0 Å². The first-order chi connectivity index (χ1) is 26.1. The molecule has 0 aliphatic carbocycles. The SMILES string of the molecule is CC(=O)C=C(C)O.O=C(O)c1ccccn1.[C-]#[N+]c1c(F)c[c-]c(-c2cc([Si](C)(C)C)ccn2)c1F.[C-]#[N+]c1c(F)c[c-]c(-c2cc([Si](C)(C)C)ccn2)c1F.[Ir].[Ir]. The number of pyridine rings is 3. The number of aromatic carboxylic acids is 1. The Morgan fingerprint density at radius 2 is 1.10 bits per heavy atom. The zero-order chi connectivity index (χ0) is 42.4. The van der Waals surface area contributed by atoms with Gasteiger partial charge < -0.3 is 20.2 Å². The van der Waals surface area contributed by atoms with Gasteiger partial charge in [-0.1, -0.05) is 67.9 Å². The summed E-state index contributed by atoms with van der Waals surface area (Å²) in [6, 6.07) is 19.2. The van der Waals surface area contributed by atoms with E-state index in [1.165, 1.54) is 32.2 Å². The number of halogens is 4. The molecule has 0 amide bonds. The van der Waals surface area contributed by atoms with Crippen LogP contribution in [0.3, 0.4) is 0 Å². The minimum Gasteiger partial charge on any atom is -0.512 e. The first-order valence-electron chi connectivity index (χ1n) is 16.6. The van der Waals surface area contributed by atoms with E-state index in [1.807, 2.05) is 12.1 Å². The van der Waals surface area contributed by atoms with E-state index in [0.717, 1.165) is 22.5 Å². The predicted molar refractivity (Wildman–Crippen MR) is 214 cm³/mol. The van der Waals surface area contributed by atoms with Crippen LogP contribution in [0.5, 0.6) is 0 Å². The maximum absolute atomic E-state index is 14.1. The Morgan fingerprint density at radius 1 is 0.690 bits per heavy atom. The molecule has 5 aromatic rings. The topological polar surface area (TPSA) is 122 Å². The van der Waals surface area contributed by atoms with Crippen molar-refractivity contribution in [3.8, 4) is 22.5 Å². The van der Waals surface area contributed by atoms with Crippen molar-refractivity contribution in [3.05, 3.63) is 149 Å². The number of rotatable bonds is 6. The van der Waals surface area contributed by atoms with Crippen molar-refractivity contribution in [2.75, 3.05) is 0 Å². The number of ketones is 1. The van der Waals surface area contributed by atoms with Gasteiger partial charge in [0.1, 0.15) is 5.69 Å². The van der Waals surface area contributed by atoms with E-state index in [1.54, 1.807) is 36.7 Å². The van der Waals surface area contributed by atoms with Gasteiger partial charge in [0, 0.05) is 88.1 Å². The van der Waals surface area contributed by atoms with Gasteiger partial charge in [-0.2, -0.15) is 0 Å². The monoisotopic (exact) mass is 1180 g/mol. The summed E-state index contributed by atoms with van der Waals surface area (Å²) >= 11 is 0. The van der Waals surface area contributed by atoms with Gasteiger partial charge in [0.15, 0.2) is 17.2 Å². The number of carbonyl (C=O) groups is 2. The summed E-state index contributed by atoms with van der Waals surface area (Å²) in [7, 11) is -3.12. The Kier molecular flexibility index (Phi) is 22.0. The predicted octanol–water partition coefficient (Wildman–Crippen LogP) is 9.66. The molecule has 0 aliphatic rings. The number of aromatic nitrogens is 3. The van der Waals surface area contributed by atoms with E-state index in [0.29, 0.717) is 11.4 Å². The van der Waals surface area contributed by atoms with Crippen LogP contribution in [0.4, 0.5) is 28.9 Å². The fourth-order valence-corrected chi connectivity index (χ4v) is 6.70. The summed E-state index contributed by atoms with van der Waals surface area (Å²) in [5, 5.41) is 18.9. The smallest absolute Gasteiger partial charge is 0.354 e. The molecule has 2 radical (unpaired) electrons. The largest absolute Gasteiger partial charge is 0.512 e. The van der Waals surface area contributed by atoms with Gasteiger partial charge in [-0.05, 0) is 49.5 Å². The average molecular weight is 1180 g/mol. The molecular weight excluding hydrogens is 1140 g/mol. The van der Waals surface area contributed by atoms with Crippen molar-refractivity contribution in [3.63, 3.8) is 0 Å². The maximum Gasteiger partial charge on any atom is 0.354 e. The van der Waals surface area contributed by atoms with Crippen molar-refractivity contribution in [1.82, 2.24) is 15.0 Å². The van der Waals surface area contributed by atoms with E-state index in [9.17, 15) is 27.2 Å². The quantitative estimate of drug-likeness (QED) is 0.0571. The van der Waals surface area contributed by atoms with E-state index in [-0.39, 0.29) is 68.6 Å². The number of carboxylic acid groups (broad SMARTS) is 1. The Balaban J connectivity index is 0.000000802. The number of carboxylic acids is 1. The third kappa shape index (κ3) is 16.1. The second kappa shape index (κ2) is 24.0. The van der Waals surface area contributed by atoms with Crippen molar-refractivity contribution in [2.24, 2.45) is 0 Å². The van der Waals surface area contributed by atoms with Crippen LogP contribution in [0.2, 0.25) is 39.3 Å². The molecule has 308 valence electrons. The number of hydrogen-bond donors (Lipinski definition) is 2. The molecule has 58 heavy (non-hydrogen) atoms. The number of allylic oxidation sites excluding steroid dienone is 2. The minimum absolute atomic E-state index is 0. The van der Waals surface area contributed by atoms with Crippen LogP contribution in [0.25, 0.3) is 32.2 Å². The molecule has 0 spiro atoms. The molecule has 0 atom stereocenters. The number of aliphatic hydroxyl groups excluding tert-OH is 1. The number of carbonyl (C=O) groups excluding carboxylic acids is 1. The first-order valence-corrected chi connectivity index (χ1v) is 23.6. The van der Waals surface area contributed by atoms with Gasteiger partial charge in [0.25, 0.3) is 0 Å². The Morgan fingerprint density at radius 3 is 1.36 bits per heavy atom. The van der Waals surface area contributed by atoms with Crippen LogP contribution in [-0.2, 0) is 45.0 Å². The molecule has 3 aromatic heterocycles. The van der Waals surface area contributed by atoms with Crippen LogP contribution in [0, 0.1) is 48.5 Å². The van der Waals surface area contributed by atoms with E-state index < -0.39 is 56.8 Å². The third-order valence-corrected chi connectivity index (χ3v) is 11.4. The van der Waals surface area contributed by atoms with E-state index in [4.69, 9.17) is 23.4 Å². The molecule has 0 saturated carbocycles. The number of benzene rings is 2. The van der Waals surface area contributed by atoms with Crippen molar-refractivity contribution in [2.45, 2.75) is 53.1 Å². The molecule has 5 rings (SSSR count). The second-order valence-electron chi connectivity index (χ2n) is 13.8. The molecule has 0 fully saturated rings. The van der Waals surface area contributed by atoms with Crippen LogP contribution in [0.15, 0.2) is 85.0 Å². The van der Waals surface area contributed by atoms with Gasteiger partial charge in [-0.25, -0.2) is 9.78 Å². The summed E-state index contributed by atoms with van der Waals surface area (Å²) < 4.78 is 54.9. The summed E-state index contributed by atoms with van der Waals surface area (Å²) in [4.78, 5) is 37.7. The average Bonchev–Trinajstić information content (AvgIpc) is 3.12. The van der Waals surface area contributed by atoms with Crippen molar-refractivity contribution < 1.29 is 77.6 Å². The number of hydrogen-bond acceptors (Lipinski definition) is 6. The molecule has 0 bridgehead atoms. The molecular formula is C41H39F4Ir2N5O4Si2-2. The van der Waals surface area contributed by atoms with Gasteiger partial charge in [-0.15, -0.1) is 35.4 Å².